The molecule has 0 radical (unpaired) electrons. The highest BCUT2D eigenvalue weighted by Crippen LogP contribution is 2.29. The van der Waals surface area contributed by atoms with Crippen LogP contribution in [0, 0.1) is 5.82 Å². The van der Waals surface area contributed by atoms with Crippen LogP contribution in [0.2, 0.25) is 0 Å². The summed E-state index contributed by atoms with van der Waals surface area (Å²) in [5, 5.41) is 4.39. The van der Waals surface area contributed by atoms with Crippen LogP contribution < -0.4 is 5.32 Å². The molecule has 1 aliphatic heterocycles. The van der Waals surface area contributed by atoms with Crippen LogP contribution in [0.15, 0.2) is 40.6 Å². The lowest BCUT2D eigenvalue weighted by Gasteiger charge is -2.26. The predicted molar refractivity (Wildman–Crippen MR) is 104 cm³/mol. The van der Waals surface area contributed by atoms with Gasteiger partial charge >= 0.3 is 0 Å². The van der Waals surface area contributed by atoms with Crippen LogP contribution in [-0.4, -0.2) is 38.3 Å². The highest BCUT2D eigenvalue weighted by atomic mass is 32.2. The molecule has 1 aliphatic rings. The van der Waals surface area contributed by atoms with Gasteiger partial charge in [-0.2, -0.15) is 4.31 Å². The molecule has 1 amide bonds. The minimum Gasteiger partial charge on any atom is -0.350 e. The van der Waals surface area contributed by atoms with Gasteiger partial charge in [0.05, 0.1) is 0 Å². The van der Waals surface area contributed by atoms with E-state index in [0.29, 0.717) is 18.7 Å². The zero-order valence-corrected chi connectivity index (χ0v) is 17.0. The molecule has 0 bridgehead atoms. The van der Waals surface area contributed by atoms with E-state index in [2.05, 4.69) is 5.32 Å². The molecule has 1 fully saturated rings. The van der Waals surface area contributed by atoms with Crippen LogP contribution >= 0.6 is 11.3 Å². The Kier molecular flexibility index (Phi) is 5.69. The van der Waals surface area contributed by atoms with E-state index in [1.54, 1.807) is 23.6 Å². The first kappa shape index (κ1) is 20.0. The van der Waals surface area contributed by atoms with E-state index in [0.717, 1.165) is 24.2 Å². The number of nitrogens with one attached hydrogen (secondary N) is 1. The maximum absolute atomic E-state index is 14.1. The lowest BCUT2D eigenvalue weighted by atomic mass is 9.84. The number of rotatable bonds is 6. The van der Waals surface area contributed by atoms with Crippen molar-refractivity contribution in [2.75, 3.05) is 19.6 Å². The molecule has 0 spiro atoms. The molecule has 8 heteroatoms. The molecule has 0 unspecified atom stereocenters. The molecule has 5 nitrogen and oxygen atoms in total. The zero-order chi connectivity index (χ0) is 19.7. The molecular formula is C19H23FN2O3S2. The Balaban J connectivity index is 1.76. The molecule has 3 rings (SSSR count). The molecule has 1 aromatic heterocycles. The Hall–Kier alpha value is -1.77. The average Bonchev–Trinajstić information content (AvgIpc) is 3.31. The normalized spacial score (nSPS) is 15.8. The summed E-state index contributed by atoms with van der Waals surface area (Å²) in [5.74, 6) is -0.780. The van der Waals surface area contributed by atoms with Gasteiger partial charge in [-0.15, -0.1) is 11.3 Å². The number of benzene rings is 1. The maximum atomic E-state index is 14.1. The molecule has 1 aromatic carbocycles. The Labute approximate surface area is 163 Å². The third-order valence-corrected chi connectivity index (χ3v) is 7.80. The second-order valence-corrected chi connectivity index (χ2v) is 10.1. The highest BCUT2D eigenvalue weighted by Gasteiger charge is 2.32. The Bertz CT molecular complexity index is 932. The molecule has 2 aromatic rings. The van der Waals surface area contributed by atoms with Crippen molar-refractivity contribution >= 4 is 27.3 Å². The molecule has 0 aliphatic carbocycles. The van der Waals surface area contributed by atoms with Gasteiger partial charge in [0.15, 0.2) is 0 Å². The molecule has 27 heavy (non-hydrogen) atoms. The highest BCUT2D eigenvalue weighted by molar-refractivity contribution is 7.89. The number of hydrogen-bond donors (Lipinski definition) is 1. The van der Waals surface area contributed by atoms with Gasteiger partial charge < -0.3 is 5.32 Å². The van der Waals surface area contributed by atoms with Gasteiger partial charge in [-0.1, -0.05) is 32.0 Å². The fourth-order valence-electron chi connectivity index (χ4n) is 3.22. The first-order valence-corrected chi connectivity index (χ1v) is 11.2. The van der Waals surface area contributed by atoms with Gasteiger partial charge in [0.25, 0.3) is 5.91 Å². The standard InChI is InChI=1S/C19H23FN2O3S2/c1-19(2,14-7-3-4-8-15(14)20)13-21-18(23)17-16(9-12-26-17)27(24,25)22-10-5-6-11-22/h3-4,7-9,12H,5-6,10-11,13H2,1-2H3,(H,21,23). The monoisotopic (exact) mass is 410 g/mol. The van der Waals surface area contributed by atoms with Crippen molar-refractivity contribution in [3.8, 4) is 0 Å². The Morgan fingerprint density at radius 1 is 1.22 bits per heavy atom. The third-order valence-electron chi connectivity index (χ3n) is 4.81. The number of thiophene rings is 1. The number of carbonyl (C=O) groups is 1. The van der Waals surface area contributed by atoms with Gasteiger partial charge in [-0.25, -0.2) is 12.8 Å². The van der Waals surface area contributed by atoms with Gasteiger partial charge in [0, 0.05) is 25.0 Å². The van der Waals surface area contributed by atoms with Gasteiger partial charge in [-0.3, -0.25) is 4.79 Å². The summed E-state index contributed by atoms with van der Waals surface area (Å²) in [4.78, 5) is 12.9. The van der Waals surface area contributed by atoms with Crippen LogP contribution in [0.1, 0.15) is 41.9 Å². The quantitative estimate of drug-likeness (QED) is 0.794. The van der Waals surface area contributed by atoms with Crippen molar-refractivity contribution in [3.05, 3.63) is 52.0 Å². The number of hydrogen-bond acceptors (Lipinski definition) is 4. The van der Waals surface area contributed by atoms with Gasteiger partial charge in [-0.05, 0) is 35.9 Å². The van der Waals surface area contributed by atoms with Crippen LogP contribution in [0.4, 0.5) is 4.39 Å². The lowest BCUT2D eigenvalue weighted by molar-refractivity contribution is 0.0946. The lowest BCUT2D eigenvalue weighted by Crippen LogP contribution is -2.37. The molecule has 146 valence electrons. The fraction of sp³-hybridized carbons (Fsp3) is 0.421. The van der Waals surface area contributed by atoms with Crippen molar-refractivity contribution in [1.29, 1.82) is 0 Å². The van der Waals surface area contributed by atoms with Crippen molar-refractivity contribution in [3.63, 3.8) is 0 Å². The zero-order valence-electron chi connectivity index (χ0n) is 15.4. The summed E-state index contributed by atoms with van der Waals surface area (Å²) in [6.07, 6.45) is 1.67. The number of amides is 1. The van der Waals surface area contributed by atoms with Crippen molar-refractivity contribution in [1.82, 2.24) is 9.62 Å². The van der Waals surface area contributed by atoms with E-state index in [1.807, 2.05) is 13.8 Å². The summed E-state index contributed by atoms with van der Waals surface area (Å²) in [5.41, 5.74) is -0.131. The summed E-state index contributed by atoms with van der Waals surface area (Å²) in [7, 11) is -3.66. The second-order valence-electron chi connectivity index (χ2n) is 7.27. The Morgan fingerprint density at radius 3 is 2.56 bits per heavy atom. The van der Waals surface area contributed by atoms with Crippen molar-refractivity contribution in [2.45, 2.75) is 37.0 Å². The largest absolute Gasteiger partial charge is 0.350 e. The minimum atomic E-state index is -3.66. The molecule has 1 N–H and O–H groups in total. The Morgan fingerprint density at radius 2 is 1.89 bits per heavy atom. The number of nitrogens with zero attached hydrogens (tertiary/aromatic N) is 1. The van der Waals surface area contributed by atoms with E-state index in [9.17, 15) is 17.6 Å². The van der Waals surface area contributed by atoms with Crippen molar-refractivity contribution < 1.29 is 17.6 Å². The fourth-order valence-corrected chi connectivity index (χ4v) is 6.05. The number of halogens is 1. The van der Waals surface area contributed by atoms with Gasteiger partial charge in [0.2, 0.25) is 10.0 Å². The minimum absolute atomic E-state index is 0.0515. The molecular weight excluding hydrogens is 387 g/mol. The van der Waals surface area contributed by atoms with E-state index >= 15 is 0 Å². The van der Waals surface area contributed by atoms with Crippen LogP contribution in [0.3, 0.4) is 0 Å². The SMILES string of the molecule is CC(C)(CNC(=O)c1sccc1S(=O)(=O)N1CCCC1)c1ccccc1F. The van der Waals surface area contributed by atoms with E-state index in [1.165, 1.54) is 16.4 Å². The molecule has 1 saturated heterocycles. The molecule has 2 heterocycles. The topological polar surface area (TPSA) is 66.5 Å². The first-order valence-electron chi connectivity index (χ1n) is 8.84. The second kappa shape index (κ2) is 7.69. The van der Waals surface area contributed by atoms with E-state index in [-0.39, 0.29) is 22.1 Å². The smallest absolute Gasteiger partial charge is 0.262 e. The van der Waals surface area contributed by atoms with Crippen LogP contribution in [-0.2, 0) is 15.4 Å². The third kappa shape index (κ3) is 4.07. The molecule has 0 atom stereocenters. The van der Waals surface area contributed by atoms with E-state index in [4.69, 9.17) is 0 Å². The van der Waals surface area contributed by atoms with E-state index < -0.39 is 21.3 Å². The van der Waals surface area contributed by atoms with Crippen LogP contribution in [0.5, 0.6) is 0 Å². The van der Waals surface area contributed by atoms with Crippen LogP contribution in [0.25, 0.3) is 0 Å². The molecule has 0 saturated carbocycles. The predicted octanol–water partition coefficient (Wildman–Crippen LogP) is 3.38. The van der Waals surface area contributed by atoms with Gasteiger partial charge in [0.1, 0.15) is 15.6 Å². The summed E-state index contributed by atoms with van der Waals surface area (Å²) in [6, 6.07) is 7.93. The summed E-state index contributed by atoms with van der Waals surface area (Å²) < 4.78 is 41.1. The summed E-state index contributed by atoms with van der Waals surface area (Å²) in [6.45, 7) is 4.83. The summed E-state index contributed by atoms with van der Waals surface area (Å²) >= 11 is 1.10. The number of sulfonamides is 1. The maximum Gasteiger partial charge on any atom is 0.262 e. The van der Waals surface area contributed by atoms with Crippen molar-refractivity contribution in [2.24, 2.45) is 0 Å². The first-order chi connectivity index (χ1) is 12.7. The average molecular weight is 411 g/mol. The number of carbonyl (C=O) groups excluding carboxylic acids is 1.